The predicted octanol–water partition coefficient (Wildman–Crippen LogP) is -1.18. The van der Waals surface area contributed by atoms with Gasteiger partial charge in [-0.15, -0.1) is 0 Å². The van der Waals surface area contributed by atoms with Crippen LogP contribution in [0.5, 0.6) is 0 Å². The van der Waals surface area contributed by atoms with Crippen LogP contribution in [0.2, 0.25) is 0 Å². The zero-order valence-corrected chi connectivity index (χ0v) is 9.64. The summed E-state index contributed by atoms with van der Waals surface area (Å²) in [4.78, 5) is 34.7. The summed E-state index contributed by atoms with van der Waals surface area (Å²) in [6.07, 6.45) is 1.59. The molecule has 0 aromatic rings. The number of likely N-dealkylation sites (tertiary alicyclic amines) is 1. The van der Waals surface area contributed by atoms with Gasteiger partial charge in [0, 0.05) is 0 Å². The lowest BCUT2D eigenvalue weighted by molar-refractivity contribution is -0.161. The number of hydrogen-bond acceptors (Lipinski definition) is 6. The van der Waals surface area contributed by atoms with Gasteiger partial charge in [0.25, 0.3) is 0 Å². The van der Waals surface area contributed by atoms with Gasteiger partial charge in [-0.1, -0.05) is 0 Å². The zero-order valence-electron chi connectivity index (χ0n) is 9.64. The number of nitrogens with one attached hydrogen (secondary N) is 1. The second-order valence-electron chi connectivity index (χ2n) is 3.93. The fraction of sp³-hybridized carbons (Fsp3) is 0.700. The maximum atomic E-state index is 11.5. The third kappa shape index (κ3) is 4.49. The van der Waals surface area contributed by atoms with E-state index in [-0.39, 0.29) is 19.1 Å². The van der Waals surface area contributed by atoms with Gasteiger partial charge in [-0.2, -0.15) is 0 Å². The second-order valence-corrected chi connectivity index (χ2v) is 3.93. The van der Waals surface area contributed by atoms with Crippen LogP contribution in [0, 0.1) is 0 Å². The molecule has 17 heavy (non-hydrogen) atoms. The first kappa shape index (κ1) is 13.6. The van der Waals surface area contributed by atoms with Crippen LogP contribution in [0.4, 0.5) is 0 Å². The Morgan fingerprint density at radius 1 is 1.41 bits per heavy atom. The number of carboxylic acid groups (broad SMARTS) is 1. The number of carbonyl (C=O) groups excluding carboxylic acids is 2. The highest BCUT2D eigenvalue weighted by atomic mass is 16.6. The van der Waals surface area contributed by atoms with E-state index < -0.39 is 17.9 Å². The quantitative estimate of drug-likeness (QED) is 0.464. The molecule has 0 unspecified atom stereocenters. The molecule has 96 valence electrons. The molecule has 2 N–H and O–H groups in total. The smallest absolute Gasteiger partial charge is 0.331 e. The normalized spacial score (nSPS) is 20.2. The number of rotatable bonds is 5. The van der Waals surface area contributed by atoms with E-state index in [0.29, 0.717) is 6.42 Å². The fourth-order valence-corrected chi connectivity index (χ4v) is 1.70. The van der Waals surface area contributed by atoms with Gasteiger partial charge in [0.05, 0.1) is 13.1 Å². The van der Waals surface area contributed by atoms with E-state index in [1.807, 2.05) is 4.90 Å². The fourth-order valence-electron chi connectivity index (χ4n) is 1.70. The molecule has 0 amide bonds. The van der Waals surface area contributed by atoms with Gasteiger partial charge in [-0.25, -0.2) is 4.79 Å². The number of aliphatic carboxylic acids is 1. The Morgan fingerprint density at radius 2 is 2.12 bits per heavy atom. The highest BCUT2D eigenvalue weighted by Crippen LogP contribution is 2.15. The van der Waals surface area contributed by atoms with Crippen molar-refractivity contribution in [2.45, 2.75) is 18.9 Å². The zero-order chi connectivity index (χ0) is 12.8. The van der Waals surface area contributed by atoms with E-state index in [2.05, 4.69) is 10.1 Å². The average Bonchev–Trinajstić information content (AvgIpc) is 2.63. The summed E-state index contributed by atoms with van der Waals surface area (Å²) in [5, 5.41) is 10.7. The minimum Gasteiger partial charge on any atom is -0.480 e. The molecule has 1 heterocycles. The Hall–Kier alpha value is -1.47. The molecule has 0 aromatic carbocycles. The number of esters is 2. The Morgan fingerprint density at radius 3 is 2.65 bits per heavy atom. The van der Waals surface area contributed by atoms with Crippen molar-refractivity contribution in [2.24, 2.45) is 0 Å². The van der Waals surface area contributed by atoms with Gasteiger partial charge in [0.1, 0.15) is 6.04 Å². The van der Waals surface area contributed by atoms with Crippen molar-refractivity contribution in [3.63, 3.8) is 0 Å². The maximum Gasteiger partial charge on any atom is 0.331 e. The first-order chi connectivity index (χ1) is 8.00. The number of carbonyl (C=O) groups is 3. The van der Waals surface area contributed by atoms with Gasteiger partial charge >= 0.3 is 17.9 Å². The van der Waals surface area contributed by atoms with E-state index in [4.69, 9.17) is 5.11 Å². The largest absolute Gasteiger partial charge is 0.480 e. The Bertz CT molecular complexity index is 318. The minimum atomic E-state index is -1.07. The third-order valence-corrected chi connectivity index (χ3v) is 2.55. The number of carboxylic acids is 1. The van der Waals surface area contributed by atoms with Crippen molar-refractivity contribution in [3.8, 4) is 0 Å². The predicted molar refractivity (Wildman–Crippen MR) is 57.3 cm³/mol. The Balaban J connectivity index is 2.26. The molecule has 1 aliphatic rings. The van der Waals surface area contributed by atoms with Crippen LogP contribution in [0.1, 0.15) is 12.8 Å². The van der Waals surface area contributed by atoms with Gasteiger partial charge in [0.15, 0.2) is 0 Å². The number of nitrogens with zero attached hydrogens (tertiary/aromatic N) is 1. The van der Waals surface area contributed by atoms with Crippen LogP contribution < -0.4 is 5.32 Å². The summed E-state index contributed by atoms with van der Waals surface area (Å²) in [7, 11) is 1.80. The van der Waals surface area contributed by atoms with Crippen molar-refractivity contribution in [1.29, 1.82) is 0 Å². The van der Waals surface area contributed by atoms with Crippen LogP contribution in [0.25, 0.3) is 0 Å². The molecular weight excluding hydrogens is 228 g/mol. The Kier molecular flexibility index (Phi) is 5.05. The standard InChI is InChI=1S/C10H16N2O5/c1-12-4-2-3-7(12)10(16)17-9(15)6-11-5-8(13)14/h7,11H,2-6H2,1H3,(H,13,14)/t7-/m1/s1. The number of hydrogen-bond donors (Lipinski definition) is 2. The summed E-state index contributed by atoms with van der Waals surface area (Å²) >= 11 is 0. The average molecular weight is 244 g/mol. The summed E-state index contributed by atoms with van der Waals surface area (Å²) in [6.45, 7) is 0.187. The molecule has 0 aromatic heterocycles. The molecule has 0 bridgehead atoms. The van der Waals surface area contributed by atoms with Crippen molar-refractivity contribution < 1.29 is 24.2 Å². The topological polar surface area (TPSA) is 95.9 Å². The lowest BCUT2D eigenvalue weighted by atomic mass is 10.2. The monoisotopic (exact) mass is 244 g/mol. The van der Waals surface area contributed by atoms with Crippen LogP contribution in [0.3, 0.4) is 0 Å². The molecule has 7 nitrogen and oxygen atoms in total. The first-order valence-electron chi connectivity index (χ1n) is 5.38. The highest BCUT2D eigenvalue weighted by Gasteiger charge is 2.30. The molecule has 0 radical (unpaired) electrons. The Labute approximate surface area is 98.7 Å². The molecule has 1 rings (SSSR count). The molecule has 1 saturated heterocycles. The van der Waals surface area contributed by atoms with Crippen molar-refractivity contribution in [2.75, 3.05) is 26.7 Å². The second kappa shape index (κ2) is 6.31. The molecular formula is C10H16N2O5. The molecule has 1 atom stereocenters. The molecule has 1 fully saturated rings. The third-order valence-electron chi connectivity index (χ3n) is 2.55. The lowest BCUT2D eigenvalue weighted by Crippen LogP contribution is -2.38. The number of ether oxygens (including phenoxy) is 1. The van der Waals surface area contributed by atoms with E-state index >= 15 is 0 Å². The van der Waals surface area contributed by atoms with Crippen LogP contribution in [-0.2, 0) is 19.1 Å². The van der Waals surface area contributed by atoms with Gasteiger partial charge in [-0.3, -0.25) is 19.8 Å². The van der Waals surface area contributed by atoms with Crippen LogP contribution in [-0.4, -0.2) is 60.6 Å². The van der Waals surface area contributed by atoms with E-state index in [1.165, 1.54) is 0 Å². The molecule has 7 heteroatoms. The first-order valence-corrected chi connectivity index (χ1v) is 5.38. The summed E-state index contributed by atoms with van der Waals surface area (Å²) < 4.78 is 4.61. The van der Waals surface area contributed by atoms with E-state index in [9.17, 15) is 14.4 Å². The maximum absolute atomic E-state index is 11.5. The molecule has 1 aliphatic heterocycles. The lowest BCUT2D eigenvalue weighted by Gasteiger charge is -2.16. The van der Waals surface area contributed by atoms with Crippen LogP contribution >= 0.6 is 0 Å². The molecule has 0 saturated carbocycles. The van der Waals surface area contributed by atoms with Gasteiger partial charge < -0.3 is 9.84 Å². The minimum absolute atomic E-state index is 0.283. The van der Waals surface area contributed by atoms with E-state index in [0.717, 1.165) is 13.0 Å². The van der Waals surface area contributed by atoms with Crippen molar-refractivity contribution in [3.05, 3.63) is 0 Å². The molecule has 0 spiro atoms. The summed E-state index contributed by atoms with van der Waals surface area (Å²) in [5.74, 6) is -2.39. The summed E-state index contributed by atoms with van der Waals surface area (Å²) in [5.41, 5.74) is 0. The molecule has 0 aliphatic carbocycles. The van der Waals surface area contributed by atoms with Crippen molar-refractivity contribution in [1.82, 2.24) is 10.2 Å². The summed E-state index contributed by atoms with van der Waals surface area (Å²) in [6, 6.07) is -0.363. The van der Waals surface area contributed by atoms with E-state index in [1.54, 1.807) is 7.05 Å². The van der Waals surface area contributed by atoms with Gasteiger partial charge in [0.2, 0.25) is 0 Å². The van der Waals surface area contributed by atoms with Crippen LogP contribution in [0.15, 0.2) is 0 Å². The van der Waals surface area contributed by atoms with Crippen molar-refractivity contribution >= 4 is 17.9 Å². The SMILES string of the molecule is CN1CCC[C@@H]1C(=O)OC(=O)CNCC(=O)O. The van der Waals surface area contributed by atoms with Gasteiger partial charge in [-0.05, 0) is 26.4 Å². The number of likely N-dealkylation sites (N-methyl/N-ethyl adjacent to an activating group) is 1. The highest BCUT2D eigenvalue weighted by molar-refractivity contribution is 5.89.